The van der Waals surface area contributed by atoms with Crippen molar-refractivity contribution in [3.05, 3.63) is 0 Å². The summed E-state index contributed by atoms with van der Waals surface area (Å²) in [6, 6.07) is 0. The van der Waals surface area contributed by atoms with Gasteiger partial charge in [0.2, 0.25) is 0 Å². The van der Waals surface area contributed by atoms with Gasteiger partial charge in [-0.1, -0.05) is 13.8 Å². The van der Waals surface area contributed by atoms with Crippen LogP contribution in [-0.4, -0.2) is 76.4 Å². The van der Waals surface area contributed by atoms with Crippen LogP contribution >= 0.6 is 0 Å². The van der Waals surface area contributed by atoms with Crippen LogP contribution in [0, 0.1) is 0 Å². The number of rotatable bonds is 9. The summed E-state index contributed by atoms with van der Waals surface area (Å²) in [4.78, 5) is 15.2. The summed E-state index contributed by atoms with van der Waals surface area (Å²) in [6.07, 6.45) is 0. The van der Waals surface area contributed by atoms with Gasteiger partial charge < -0.3 is 14.4 Å². The monoisotopic (exact) mass is 262 g/mol. The topological polar surface area (TPSA) is 42.0 Å². The first-order valence-corrected chi connectivity index (χ1v) is 6.63. The first-order chi connectivity index (χ1) is 8.56. The molecule has 0 rings (SSSR count). The van der Waals surface area contributed by atoms with Crippen molar-refractivity contribution in [2.75, 3.05) is 60.6 Å². The normalized spacial score (nSPS) is 10.2. The molecule has 0 amide bonds. The molecule has 0 saturated heterocycles. The second-order valence-electron chi connectivity index (χ2n) is 3.96. The lowest BCUT2D eigenvalue weighted by atomic mass is 10.5. The Hall–Kier alpha value is -0.650. The van der Waals surface area contributed by atoms with Gasteiger partial charge in [0, 0.05) is 19.7 Å². The summed E-state index contributed by atoms with van der Waals surface area (Å²) in [5, 5.41) is 0. The Morgan fingerprint density at radius 2 is 1.67 bits per heavy atom. The summed E-state index contributed by atoms with van der Waals surface area (Å²) < 4.78 is 10.3. The smallest absolute Gasteiger partial charge is 0.320 e. The SMILES string of the molecule is CC.CCOCCN(C)CC(=O)OCCN(C)C. The first-order valence-electron chi connectivity index (χ1n) is 6.63. The maximum absolute atomic E-state index is 11.3. The molecule has 0 bridgehead atoms. The van der Waals surface area contributed by atoms with Gasteiger partial charge in [0.15, 0.2) is 0 Å². The lowest BCUT2D eigenvalue weighted by Gasteiger charge is -2.16. The van der Waals surface area contributed by atoms with E-state index in [0.29, 0.717) is 26.4 Å². The zero-order valence-electron chi connectivity index (χ0n) is 12.9. The fourth-order valence-electron chi connectivity index (χ4n) is 1.05. The molecule has 0 aromatic heterocycles. The minimum atomic E-state index is -0.180. The van der Waals surface area contributed by atoms with Crippen molar-refractivity contribution < 1.29 is 14.3 Å². The number of esters is 1. The van der Waals surface area contributed by atoms with Crippen LogP contribution in [0.2, 0.25) is 0 Å². The Morgan fingerprint density at radius 1 is 1.06 bits per heavy atom. The van der Waals surface area contributed by atoms with Crippen LogP contribution in [0.3, 0.4) is 0 Å². The summed E-state index contributed by atoms with van der Waals surface area (Å²) >= 11 is 0. The van der Waals surface area contributed by atoms with Gasteiger partial charge in [-0.3, -0.25) is 9.69 Å². The Kier molecular flexibility index (Phi) is 15.8. The van der Waals surface area contributed by atoms with Gasteiger partial charge in [-0.15, -0.1) is 0 Å². The predicted molar refractivity (Wildman–Crippen MR) is 74.9 cm³/mol. The van der Waals surface area contributed by atoms with Crippen molar-refractivity contribution in [3.63, 3.8) is 0 Å². The number of carbonyl (C=O) groups is 1. The molecule has 0 fully saturated rings. The molecule has 0 spiro atoms. The minimum absolute atomic E-state index is 0.180. The Labute approximate surface area is 112 Å². The van der Waals surface area contributed by atoms with Crippen LogP contribution < -0.4 is 0 Å². The summed E-state index contributed by atoms with van der Waals surface area (Å²) in [5.74, 6) is -0.180. The van der Waals surface area contributed by atoms with Gasteiger partial charge in [-0.05, 0) is 28.1 Å². The number of ether oxygens (including phenoxy) is 2. The van der Waals surface area contributed by atoms with Crippen LogP contribution in [0.25, 0.3) is 0 Å². The van der Waals surface area contributed by atoms with Crippen LogP contribution in [-0.2, 0) is 14.3 Å². The highest BCUT2D eigenvalue weighted by molar-refractivity contribution is 5.71. The van der Waals surface area contributed by atoms with Gasteiger partial charge in [0.25, 0.3) is 0 Å². The lowest BCUT2D eigenvalue weighted by molar-refractivity contribution is -0.145. The third-order valence-corrected chi connectivity index (χ3v) is 2.02. The van der Waals surface area contributed by atoms with Crippen LogP contribution in [0.15, 0.2) is 0 Å². The van der Waals surface area contributed by atoms with E-state index in [2.05, 4.69) is 0 Å². The Balaban J connectivity index is 0. The van der Waals surface area contributed by atoms with Gasteiger partial charge in [0.05, 0.1) is 13.2 Å². The van der Waals surface area contributed by atoms with Gasteiger partial charge in [-0.2, -0.15) is 0 Å². The standard InChI is InChI=1S/C11H24N2O3.C2H6/c1-5-15-8-7-13(4)10-11(14)16-9-6-12(2)3;1-2/h5-10H2,1-4H3;1-2H3. The second kappa shape index (κ2) is 14.4. The molecule has 110 valence electrons. The molecule has 0 unspecified atom stereocenters. The molecule has 0 radical (unpaired) electrons. The van der Waals surface area contributed by atoms with E-state index in [4.69, 9.17) is 9.47 Å². The van der Waals surface area contributed by atoms with Gasteiger partial charge in [0.1, 0.15) is 6.61 Å². The Morgan fingerprint density at radius 3 is 2.17 bits per heavy atom. The number of likely N-dealkylation sites (N-methyl/N-ethyl adjacent to an activating group) is 2. The van der Waals surface area contributed by atoms with E-state index >= 15 is 0 Å². The molecule has 0 aliphatic rings. The molecule has 0 N–H and O–H groups in total. The predicted octanol–water partition coefficient (Wildman–Crippen LogP) is 1.09. The van der Waals surface area contributed by atoms with E-state index in [1.165, 1.54) is 0 Å². The summed E-state index contributed by atoms with van der Waals surface area (Å²) in [6.45, 7) is 9.59. The number of hydrogen-bond acceptors (Lipinski definition) is 5. The minimum Gasteiger partial charge on any atom is -0.463 e. The molecule has 0 aromatic rings. The van der Waals surface area contributed by atoms with E-state index in [1.807, 2.05) is 51.7 Å². The summed E-state index contributed by atoms with van der Waals surface area (Å²) in [7, 11) is 5.77. The Bertz CT molecular complexity index is 187. The van der Waals surface area contributed by atoms with E-state index in [9.17, 15) is 4.79 Å². The third-order valence-electron chi connectivity index (χ3n) is 2.02. The lowest BCUT2D eigenvalue weighted by Crippen LogP contribution is -2.31. The molecule has 0 aliphatic heterocycles. The van der Waals surface area contributed by atoms with E-state index in [-0.39, 0.29) is 5.97 Å². The van der Waals surface area contributed by atoms with E-state index in [1.54, 1.807) is 0 Å². The van der Waals surface area contributed by atoms with Crippen molar-refractivity contribution in [2.45, 2.75) is 20.8 Å². The zero-order chi connectivity index (χ0) is 14.4. The molecular weight excluding hydrogens is 232 g/mol. The molecule has 18 heavy (non-hydrogen) atoms. The second-order valence-corrected chi connectivity index (χ2v) is 3.96. The molecule has 5 nitrogen and oxygen atoms in total. The summed E-state index contributed by atoms with van der Waals surface area (Å²) in [5.41, 5.74) is 0. The largest absolute Gasteiger partial charge is 0.463 e. The van der Waals surface area contributed by atoms with Crippen LogP contribution in [0.1, 0.15) is 20.8 Å². The van der Waals surface area contributed by atoms with Crippen molar-refractivity contribution in [3.8, 4) is 0 Å². The van der Waals surface area contributed by atoms with Crippen LogP contribution in [0.4, 0.5) is 0 Å². The van der Waals surface area contributed by atoms with Crippen molar-refractivity contribution >= 4 is 5.97 Å². The molecule has 0 atom stereocenters. The van der Waals surface area contributed by atoms with Gasteiger partial charge in [-0.25, -0.2) is 0 Å². The highest BCUT2D eigenvalue weighted by Crippen LogP contribution is 1.87. The first kappa shape index (κ1) is 19.7. The zero-order valence-corrected chi connectivity index (χ0v) is 12.9. The molecule has 0 heterocycles. The van der Waals surface area contributed by atoms with Gasteiger partial charge >= 0.3 is 5.97 Å². The molecular formula is C13H30N2O3. The third kappa shape index (κ3) is 15.4. The molecule has 5 heteroatoms. The van der Waals surface area contributed by atoms with E-state index < -0.39 is 0 Å². The highest BCUT2D eigenvalue weighted by atomic mass is 16.5. The van der Waals surface area contributed by atoms with Crippen LogP contribution in [0.5, 0.6) is 0 Å². The maximum atomic E-state index is 11.3. The molecule has 0 saturated carbocycles. The number of nitrogens with zero attached hydrogens (tertiary/aromatic N) is 2. The van der Waals surface area contributed by atoms with Crippen molar-refractivity contribution in [2.24, 2.45) is 0 Å². The number of carbonyl (C=O) groups excluding carboxylic acids is 1. The fraction of sp³-hybridized carbons (Fsp3) is 0.923. The maximum Gasteiger partial charge on any atom is 0.320 e. The highest BCUT2D eigenvalue weighted by Gasteiger charge is 2.07. The number of hydrogen-bond donors (Lipinski definition) is 0. The molecule has 0 aliphatic carbocycles. The van der Waals surface area contributed by atoms with Crippen molar-refractivity contribution in [1.29, 1.82) is 0 Å². The van der Waals surface area contributed by atoms with E-state index in [0.717, 1.165) is 13.1 Å². The molecule has 0 aromatic carbocycles. The quantitative estimate of drug-likeness (QED) is 0.459. The van der Waals surface area contributed by atoms with Crippen molar-refractivity contribution in [1.82, 2.24) is 9.80 Å². The average Bonchev–Trinajstić information content (AvgIpc) is 2.31. The average molecular weight is 262 g/mol. The fourth-order valence-corrected chi connectivity index (χ4v) is 1.05.